The van der Waals surface area contributed by atoms with E-state index >= 15 is 0 Å². The largest absolute Gasteiger partial charge is 0.452 e. The number of benzene rings is 1. The van der Waals surface area contributed by atoms with Crippen molar-refractivity contribution in [3.05, 3.63) is 46.2 Å². The van der Waals surface area contributed by atoms with Crippen molar-refractivity contribution in [3.8, 4) is 0 Å². The zero-order chi connectivity index (χ0) is 20.3. The highest BCUT2D eigenvalue weighted by Crippen LogP contribution is 2.19. The molecule has 1 atom stereocenters. The van der Waals surface area contributed by atoms with Gasteiger partial charge in [-0.3, -0.25) is 9.59 Å². The summed E-state index contributed by atoms with van der Waals surface area (Å²) in [6.07, 6.45) is 1.05. The molecule has 1 amide bonds. The standard InChI is InChI=1S/C19H22N2O6S/c1-2-8-21(13-7-9-28(25,26)12-13)18(23)11-27-19(24)15-10-17(22)20-16-6-4-3-5-14(15)16/h3-6,10,13H,2,7-9,11-12H2,1H3,(H,20,22)/t13-/m1/s1. The van der Waals surface area contributed by atoms with E-state index in [2.05, 4.69) is 4.98 Å². The molecular formula is C19H22N2O6S. The number of carbonyl (C=O) groups is 2. The van der Waals surface area contributed by atoms with Crippen LogP contribution in [0.15, 0.2) is 35.1 Å². The SMILES string of the molecule is CCCN(C(=O)COC(=O)c1cc(=O)[nH]c2ccccc12)[C@@H]1CCS(=O)(=O)C1. The number of aromatic amines is 1. The summed E-state index contributed by atoms with van der Waals surface area (Å²) in [5.74, 6) is -1.22. The Balaban J connectivity index is 1.73. The second-order valence-corrected chi connectivity index (χ2v) is 9.04. The zero-order valence-corrected chi connectivity index (χ0v) is 16.3. The van der Waals surface area contributed by atoms with Gasteiger partial charge in [-0.2, -0.15) is 0 Å². The number of para-hydroxylation sites is 1. The van der Waals surface area contributed by atoms with Crippen LogP contribution in [0.5, 0.6) is 0 Å². The zero-order valence-electron chi connectivity index (χ0n) is 15.5. The van der Waals surface area contributed by atoms with Gasteiger partial charge in [0.25, 0.3) is 5.91 Å². The van der Waals surface area contributed by atoms with Gasteiger partial charge in [0.05, 0.1) is 17.1 Å². The molecule has 1 N–H and O–H groups in total. The smallest absolute Gasteiger partial charge is 0.339 e. The summed E-state index contributed by atoms with van der Waals surface area (Å²) in [6, 6.07) is 7.55. The molecule has 1 saturated heterocycles. The highest BCUT2D eigenvalue weighted by Gasteiger charge is 2.34. The first-order chi connectivity index (χ1) is 13.3. The first-order valence-electron chi connectivity index (χ1n) is 9.10. The number of sulfone groups is 1. The Labute approximate surface area is 162 Å². The summed E-state index contributed by atoms with van der Waals surface area (Å²) < 4.78 is 28.6. The van der Waals surface area contributed by atoms with Crippen molar-refractivity contribution in [2.75, 3.05) is 24.7 Å². The lowest BCUT2D eigenvalue weighted by molar-refractivity contribution is -0.136. The number of H-pyrrole nitrogens is 1. The highest BCUT2D eigenvalue weighted by molar-refractivity contribution is 7.91. The summed E-state index contributed by atoms with van der Waals surface area (Å²) in [5, 5.41) is 0.520. The molecule has 28 heavy (non-hydrogen) atoms. The topological polar surface area (TPSA) is 114 Å². The van der Waals surface area contributed by atoms with E-state index in [1.54, 1.807) is 24.3 Å². The van der Waals surface area contributed by atoms with E-state index in [-0.39, 0.29) is 17.1 Å². The quantitative estimate of drug-likeness (QED) is 0.719. The van der Waals surface area contributed by atoms with Crippen molar-refractivity contribution in [1.29, 1.82) is 0 Å². The fourth-order valence-corrected chi connectivity index (χ4v) is 5.17. The normalized spacial score (nSPS) is 18.1. The average molecular weight is 406 g/mol. The van der Waals surface area contributed by atoms with Gasteiger partial charge in [0.15, 0.2) is 16.4 Å². The van der Waals surface area contributed by atoms with Gasteiger partial charge in [0.1, 0.15) is 0 Å². The van der Waals surface area contributed by atoms with Crippen LogP contribution in [0.4, 0.5) is 0 Å². The summed E-state index contributed by atoms with van der Waals surface area (Å²) in [5.41, 5.74) is 0.135. The number of nitrogens with zero attached hydrogens (tertiary/aromatic N) is 1. The van der Waals surface area contributed by atoms with E-state index in [1.165, 1.54) is 4.90 Å². The predicted octanol–water partition coefficient (Wildman–Crippen LogP) is 1.11. The van der Waals surface area contributed by atoms with Crippen LogP contribution in [0, 0.1) is 0 Å². The number of amides is 1. The first-order valence-corrected chi connectivity index (χ1v) is 10.9. The Morgan fingerprint density at radius 2 is 2.04 bits per heavy atom. The minimum Gasteiger partial charge on any atom is -0.452 e. The van der Waals surface area contributed by atoms with Crippen molar-refractivity contribution in [2.24, 2.45) is 0 Å². The maximum Gasteiger partial charge on any atom is 0.339 e. The van der Waals surface area contributed by atoms with Gasteiger partial charge < -0.3 is 14.6 Å². The van der Waals surface area contributed by atoms with E-state index in [9.17, 15) is 22.8 Å². The minimum atomic E-state index is -3.14. The van der Waals surface area contributed by atoms with Crippen LogP contribution in [0.3, 0.4) is 0 Å². The van der Waals surface area contributed by atoms with Gasteiger partial charge in [-0.25, -0.2) is 13.2 Å². The molecule has 9 heteroatoms. The molecule has 0 unspecified atom stereocenters. The van der Waals surface area contributed by atoms with Crippen LogP contribution < -0.4 is 5.56 Å². The Morgan fingerprint density at radius 3 is 2.71 bits per heavy atom. The van der Waals surface area contributed by atoms with Crippen LogP contribution in [0.25, 0.3) is 10.9 Å². The Morgan fingerprint density at radius 1 is 1.29 bits per heavy atom. The lowest BCUT2D eigenvalue weighted by Crippen LogP contribution is -2.43. The van der Waals surface area contributed by atoms with Gasteiger partial charge >= 0.3 is 5.97 Å². The molecule has 1 aliphatic rings. The molecule has 0 bridgehead atoms. The number of esters is 1. The Kier molecular flexibility index (Phi) is 5.83. The van der Waals surface area contributed by atoms with Gasteiger partial charge in [-0.1, -0.05) is 25.1 Å². The third-order valence-electron chi connectivity index (χ3n) is 4.73. The van der Waals surface area contributed by atoms with Crippen LogP contribution in [-0.2, 0) is 19.4 Å². The van der Waals surface area contributed by atoms with Crippen LogP contribution in [0.2, 0.25) is 0 Å². The first kappa shape index (κ1) is 20.1. The minimum absolute atomic E-state index is 0.0593. The second kappa shape index (κ2) is 8.14. The van der Waals surface area contributed by atoms with Gasteiger partial charge in [-0.05, 0) is 18.9 Å². The van der Waals surface area contributed by atoms with Crippen LogP contribution in [-0.4, -0.2) is 60.9 Å². The number of aromatic nitrogens is 1. The number of ether oxygens (including phenoxy) is 1. The fraction of sp³-hybridized carbons (Fsp3) is 0.421. The molecule has 2 heterocycles. The van der Waals surface area contributed by atoms with E-state index < -0.39 is 39.9 Å². The molecule has 0 aliphatic carbocycles. The van der Waals surface area contributed by atoms with Crippen LogP contribution >= 0.6 is 0 Å². The second-order valence-electron chi connectivity index (χ2n) is 6.81. The third-order valence-corrected chi connectivity index (χ3v) is 6.48. The van der Waals surface area contributed by atoms with Crippen LogP contribution in [0.1, 0.15) is 30.1 Å². The number of hydrogen-bond acceptors (Lipinski definition) is 6. The number of carbonyl (C=O) groups excluding carboxylic acids is 2. The van der Waals surface area contributed by atoms with E-state index in [0.717, 1.165) is 6.07 Å². The summed E-state index contributed by atoms with van der Waals surface area (Å²) in [7, 11) is -3.14. The summed E-state index contributed by atoms with van der Waals surface area (Å²) in [4.78, 5) is 41.0. The molecular weight excluding hydrogens is 384 g/mol. The van der Waals surface area contributed by atoms with Crippen molar-refractivity contribution < 1.29 is 22.7 Å². The molecule has 1 aliphatic heterocycles. The molecule has 1 aromatic heterocycles. The molecule has 150 valence electrons. The maximum absolute atomic E-state index is 12.6. The Hall–Kier alpha value is -2.68. The molecule has 1 fully saturated rings. The molecule has 0 spiro atoms. The predicted molar refractivity (Wildman–Crippen MR) is 104 cm³/mol. The van der Waals surface area contributed by atoms with Gasteiger partial charge in [0, 0.05) is 29.6 Å². The fourth-order valence-electron chi connectivity index (χ4n) is 3.43. The number of hydrogen-bond donors (Lipinski definition) is 1. The lowest BCUT2D eigenvalue weighted by Gasteiger charge is -2.27. The van der Waals surface area contributed by atoms with Crippen molar-refractivity contribution in [1.82, 2.24) is 9.88 Å². The number of rotatable bonds is 6. The van der Waals surface area contributed by atoms with E-state index in [4.69, 9.17) is 4.74 Å². The number of pyridine rings is 1. The molecule has 0 radical (unpaired) electrons. The van der Waals surface area contributed by atoms with E-state index in [0.29, 0.717) is 30.3 Å². The van der Waals surface area contributed by atoms with E-state index in [1.807, 2.05) is 6.92 Å². The summed E-state index contributed by atoms with van der Waals surface area (Å²) in [6.45, 7) is 1.78. The van der Waals surface area contributed by atoms with Crippen molar-refractivity contribution in [2.45, 2.75) is 25.8 Å². The third kappa shape index (κ3) is 4.41. The number of fused-ring (bicyclic) bond motifs is 1. The highest BCUT2D eigenvalue weighted by atomic mass is 32.2. The average Bonchev–Trinajstić information content (AvgIpc) is 3.02. The number of nitrogens with one attached hydrogen (secondary N) is 1. The van der Waals surface area contributed by atoms with Crippen molar-refractivity contribution in [3.63, 3.8) is 0 Å². The Bertz CT molecular complexity index is 1060. The molecule has 3 rings (SSSR count). The molecule has 1 aromatic carbocycles. The summed E-state index contributed by atoms with van der Waals surface area (Å²) >= 11 is 0. The molecule has 0 saturated carbocycles. The maximum atomic E-state index is 12.6. The monoisotopic (exact) mass is 406 g/mol. The van der Waals surface area contributed by atoms with Gasteiger partial charge in [-0.15, -0.1) is 0 Å². The van der Waals surface area contributed by atoms with Gasteiger partial charge in [0.2, 0.25) is 5.56 Å². The molecule has 8 nitrogen and oxygen atoms in total. The van der Waals surface area contributed by atoms with Crippen molar-refractivity contribution >= 4 is 32.6 Å². The molecule has 2 aromatic rings. The lowest BCUT2D eigenvalue weighted by atomic mass is 10.1.